The second kappa shape index (κ2) is 8.05. The molecule has 1 aromatic heterocycles. The maximum absolute atomic E-state index is 12.3. The minimum Gasteiger partial charge on any atom is -0.444 e. The van der Waals surface area contributed by atoms with Crippen LogP contribution in [0.4, 0.5) is 4.79 Å². The van der Waals surface area contributed by atoms with Gasteiger partial charge >= 0.3 is 6.09 Å². The topological polar surface area (TPSA) is 62.7 Å². The van der Waals surface area contributed by atoms with E-state index < -0.39 is 5.60 Å². The number of carbonyl (C=O) groups excluding carboxylic acids is 2. The van der Waals surface area contributed by atoms with Gasteiger partial charge in [0.15, 0.2) is 5.78 Å². The summed E-state index contributed by atoms with van der Waals surface area (Å²) in [4.78, 5) is 32.9. The molecule has 0 aromatic carbocycles. The lowest BCUT2D eigenvalue weighted by atomic mass is 9.89. The summed E-state index contributed by atoms with van der Waals surface area (Å²) in [6.07, 6.45) is 0.256. The van der Waals surface area contributed by atoms with E-state index in [0.717, 1.165) is 24.6 Å². The molecule has 1 aliphatic rings. The molecule has 0 N–H and O–H groups in total. The highest BCUT2D eigenvalue weighted by Crippen LogP contribution is 2.23. The molecule has 0 aliphatic carbocycles. The molecule has 2 rings (SSSR count). The Hall–Kier alpha value is -1.47. The average Bonchev–Trinajstić information content (AvgIpc) is 2.93. The van der Waals surface area contributed by atoms with Gasteiger partial charge in [-0.25, -0.2) is 9.78 Å². The second-order valence-corrected chi connectivity index (χ2v) is 9.97. The molecule has 7 heteroatoms. The molecule has 0 unspecified atom stereocenters. The van der Waals surface area contributed by atoms with Crippen LogP contribution < -0.4 is 0 Å². The van der Waals surface area contributed by atoms with Crippen molar-refractivity contribution < 1.29 is 14.3 Å². The van der Waals surface area contributed by atoms with Crippen LogP contribution in [0.1, 0.15) is 63.5 Å². The second-order valence-electron chi connectivity index (χ2n) is 9.03. The minimum absolute atomic E-state index is 0.0289. The molecule has 26 heavy (non-hydrogen) atoms. The summed E-state index contributed by atoms with van der Waals surface area (Å²) in [5.74, 6) is 0.106. The van der Waals surface area contributed by atoms with Crippen LogP contribution in [0.25, 0.3) is 0 Å². The first kappa shape index (κ1) is 20.8. The monoisotopic (exact) mass is 381 g/mol. The number of aromatic nitrogens is 1. The van der Waals surface area contributed by atoms with Gasteiger partial charge in [-0.1, -0.05) is 20.8 Å². The van der Waals surface area contributed by atoms with E-state index in [1.54, 1.807) is 4.90 Å². The summed E-state index contributed by atoms with van der Waals surface area (Å²) in [7, 11) is 0. The Labute approximate surface area is 160 Å². The van der Waals surface area contributed by atoms with E-state index in [-0.39, 0.29) is 17.3 Å². The fourth-order valence-electron chi connectivity index (χ4n) is 2.69. The predicted molar refractivity (Wildman–Crippen MR) is 104 cm³/mol. The van der Waals surface area contributed by atoms with Crippen LogP contribution in [0.2, 0.25) is 0 Å². The first-order valence-corrected chi connectivity index (χ1v) is 9.99. The molecule has 2 heterocycles. The van der Waals surface area contributed by atoms with E-state index in [2.05, 4.69) is 30.7 Å². The Kier molecular flexibility index (Phi) is 6.45. The zero-order chi connectivity index (χ0) is 19.5. The van der Waals surface area contributed by atoms with Crippen LogP contribution in [-0.2, 0) is 11.3 Å². The third-order valence-electron chi connectivity index (χ3n) is 3.91. The number of hydrogen-bond acceptors (Lipinski definition) is 6. The zero-order valence-corrected chi connectivity index (χ0v) is 17.6. The standard InChI is InChI=1S/C19H31N3O3S/c1-18(2,3)11-15(23)14-13-26-16(20-14)12-21-7-9-22(10-8-21)17(24)25-19(4,5)6/h13H,7-12H2,1-6H3. The number of ketones is 1. The van der Waals surface area contributed by atoms with Gasteiger partial charge in [-0.15, -0.1) is 11.3 Å². The average molecular weight is 382 g/mol. The third-order valence-corrected chi connectivity index (χ3v) is 4.74. The Morgan fingerprint density at radius 1 is 1.12 bits per heavy atom. The lowest BCUT2D eigenvalue weighted by Crippen LogP contribution is -2.49. The van der Waals surface area contributed by atoms with Crippen LogP contribution >= 0.6 is 11.3 Å². The molecular formula is C19H31N3O3S. The van der Waals surface area contributed by atoms with E-state index in [4.69, 9.17) is 4.74 Å². The van der Waals surface area contributed by atoms with E-state index in [1.165, 1.54) is 11.3 Å². The number of carbonyl (C=O) groups is 2. The van der Waals surface area contributed by atoms with Gasteiger partial charge in [0.2, 0.25) is 0 Å². The van der Waals surface area contributed by atoms with Gasteiger partial charge in [-0.2, -0.15) is 0 Å². The van der Waals surface area contributed by atoms with Crippen LogP contribution in [0.5, 0.6) is 0 Å². The highest BCUT2D eigenvalue weighted by molar-refractivity contribution is 7.09. The van der Waals surface area contributed by atoms with E-state index in [1.807, 2.05) is 26.2 Å². The van der Waals surface area contributed by atoms with Gasteiger partial charge in [-0.05, 0) is 26.2 Å². The van der Waals surface area contributed by atoms with Crippen molar-refractivity contribution in [2.24, 2.45) is 5.41 Å². The van der Waals surface area contributed by atoms with Gasteiger partial charge in [0, 0.05) is 38.0 Å². The number of nitrogens with zero attached hydrogens (tertiary/aromatic N) is 3. The number of thiazole rings is 1. The Morgan fingerprint density at radius 2 is 1.73 bits per heavy atom. The first-order valence-electron chi connectivity index (χ1n) is 9.11. The summed E-state index contributed by atoms with van der Waals surface area (Å²) < 4.78 is 5.42. The van der Waals surface area contributed by atoms with Crippen molar-refractivity contribution in [3.63, 3.8) is 0 Å². The molecule has 146 valence electrons. The number of rotatable bonds is 4. The fraction of sp³-hybridized carbons (Fsp3) is 0.737. The summed E-state index contributed by atoms with van der Waals surface area (Å²) in [6.45, 7) is 15.4. The Balaban J connectivity index is 1.83. The predicted octanol–water partition coefficient (Wildman–Crippen LogP) is 3.81. The summed E-state index contributed by atoms with van der Waals surface area (Å²) >= 11 is 1.53. The van der Waals surface area contributed by atoms with Crippen molar-refractivity contribution in [2.45, 2.75) is 60.1 Å². The molecule has 0 atom stereocenters. The largest absolute Gasteiger partial charge is 0.444 e. The van der Waals surface area contributed by atoms with Crippen LogP contribution in [0, 0.1) is 5.41 Å². The molecule has 1 fully saturated rings. The highest BCUT2D eigenvalue weighted by atomic mass is 32.1. The number of amides is 1. The van der Waals surface area contributed by atoms with Crippen LogP contribution in [0.15, 0.2) is 5.38 Å². The molecule has 1 saturated heterocycles. The van der Waals surface area contributed by atoms with Crippen molar-refractivity contribution in [1.82, 2.24) is 14.8 Å². The summed E-state index contributed by atoms with van der Waals surface area (Å²) in [5, 5.41) is 2.81. The molecule has 0 bridgehead atoms. The normalized spacial score (nSPS) is 16.6. The molecule has 1 aliphatic heterocycles. The van der Waals surface area contributed by atoms with Gasteiger partial charge in [0.25, 0.3) is 0 Å². The number of piperazine rings is 1. The van der Waals surface area contributed by atoms with E-state index in [0.29, 0.717) is 25.2 Å². The number of hydrogen-bond donors (Lipinski definition) is 0. The number of Topliss-reactive ketones (excluding diaryl/α,β-unsaturated/α-hetero) is 1. The van der Waals surface area contributed by atoms with Crippen LogP contribution in [-0.4, -0.2) is 58.4 Å². The van der Waals surface area contributed by atoms with E-state index >= 15 is 0 Å². The molecule has 0 spiro atoms. The van der Waals surface area contributed by atoms with Crippen LogP contribution in [0.3, 0.4) is 0 Å². The molecular weight excluding hydrogens is 350 g/mol. The molecule has 6 nitrogen and oxygen atoms in total. The SMILES string of the molecule is CC(C)(C)CC(=O)c1csc(CN2CCN(C(=O)OC(C)(C)C)CC2)n1. The lowest BCUT2D eigenvalue weighted by Gasteiger charge is -2.35. The molecule has 1 aromatic rings. The fourth-order valence-corrected chi connectivity index (χ4v) is 3.53. The van der Waals surface area contributed by atoms with Crippen molar-refractivity contribution >= 4 is 23.2 Å². The first-order chi connectivity index (χ1) is 11.9. The molecule has 0 radical (unpaired) electrons. The smallest absolute Gasteiger partial charge is 0.410 e. The highest BCUT2D eigenvalue weighted by Gasteiger charge is 2.26. The maximum atomic E-state index is 12.3. The van der Waals surface area contributed by atoms with Crippen molar-refractivity contribution in [1.29, 1.82) is 0 Å². The minimum atomic E-state index is -0.467. The van der Waals surface area contributed by atoms with Gasteiger partial charge in [0.05, 0.1) is 6.54 Å². The van der Waals surface area contributed by atoms with Gasteiger partial charge in [-0.3, -0.25) is 9.69 Å². The van der Waals surface area contributed by atoms with Crippen molar-refractivity contribution in [2.75, 3.05) is 26.2 Å². The van der Waals surface area contributed by atoms with Crippen molar-refractivity contribution in [3.8, 4) is 0 Å². The van der Waals surface area contributed by atoms with Gasteiger partial charge in [0.1, 0.15) is 16.3 Å². The Bertz CT molecular complexity index is 635. The van der Waals surface area contributed by atoms with Crippen molar-refractivity contribution in [3.05, 3.63) is 16.1 Å². The quantitative estimate of drug-likeness (QED) is 0.742. The molecule has 0 saturated carbocycles. The summed E-state index contributed by atoms with van der Waals surface area (Å²) in [5.41, 5.74) is 0.0801. The molecule has 1 amide bonds. The third kappa shape index (κ3) is 6.68. The van der Waals surface area contributed by atoms with Gasteiger partial charge < -0.3 is 9.64 Å². The zero-order valence-electron chi connectivity index (χ0n) is 16.8. The number of ether oxygens (including phenoxy) is 1. The van der Waals surface area contributed by atoms with E-state index in [9.17, 15) is 9.59 Å². The summed E-state index contributed by atoms with van der Waals surface area (Å²) in [6, 6.07) is 0. The lowest BCUT2D eigenvalue weighted by molar-refractivity contribution is 0.0139. The maximum Gasteiger partial charge on any atom is 0.410 e. The Morgan fingerprint density at radius 3 is 2.27 bits per heavy atom.